The maximum absolute atomic E-state index is 11.7. The molecule has 0 radical (unpaired) electrons. The fourth-order valence-corrected chi connectivity index (χ4v) is 7.40. The minimum absolute atomic E-state index is 0.0420. The molecule has 4 aromatic rings. The lowest BCUT2D eigenvalue weighted by Gasteiger charge is -2.37. The van der Waals surface area contributed by atoms with Crippen molar-refractivity contribution in [3.8, 4) is 51.7 Å². The zero-order chi connectivity index (χ0) is 32.8. The smallest absolute Gasteiger partial charge is 0.204 e. The van der Waals surface area contributed by atoms with Gasteiger partial charge in [-0.05, 0) is 98.4 Å². The van der Waals surface area contributed by atoms with Crippen LogP contribution in [0.25, 0.3) is 0 Å². The third-order valence-electron chi connectivity index (χ3n) is 9.99. The van der Waals surface area contributed by atoms with Crippen LogP contribution in [-0.2, 0) is 25.7 Å². The second-order valence-electron chi connectivity index (χ2n) is 12.6. The summed E-state index contributed by atoms with van der Waals surface area (Å²) >= 11 is 0. The Hall–Kier alpha value is -4.60. The molecule has 0 fully saturated rings. The highest BCUT2D eigenvalue weighted by Gasteiger charge is 2.35. The summed E-state index contributed by atoms with van der Waals surface area (Å²) in [5.74, 6) is 4.59. The van der Waals surface area contributed by atoms with E-state index in [1.165, 1.54) is 5.56 Å². The van der Waals surface area contributed by atoms with Gasteiger partial charge >= 0.3 is 0 Å². The molecule has 4 aliphatic rings. The van der Waals surface area contributed by atoms with Gasteiger partial charge in [0.2, 0.25) is 11.5 Å². The first-order chi connectivity index (χ1) is 22.8. The zero-order valence-corrected chi connectivity index (χ0v) is 27.9. The van der Waals surface area contributed by atoms with Crippen LogP contribution >= 0.6 is 0 Å². The van der Waals surface area contributed by atoms with Gasteiger partial charge in [-0.25, -0.2) is 0 Å². The number of phenols is 1. The highest BCUT2D eigenvalue weighted by Crippen LogP contribution is 2.53. The third kappa shape index (κ3) is 5.47. The molecule has 246 valence electrons. The first-order valence-corrected chi connectivity index (χ1v) is 16.1. The van der Waals surface area contributed by atoms with E-state index in [0.717, 1.165) is 59.5 Å². The van der Waals surface area contributed by atoms with Gasteiger partial charge in [-0.15, -0.1) is 0 Å². The molecule has 0 aliphatic carbocycles. The zero-order valence-electron chi connectivity index (χ0n) is 27.9. The summed E-state index contributed by atoms with van der Waals surface area (Å²) in [6.07, 6.45) is 2.89. The predicted molar refractivity (Wildman–Crippen MR) is 179 cm³/mol. The summed E-state index contributed by atoms with van der Waals surface area (Å²) in [5.41, 5.74) is 6.29. The lowest BCUT2D eigenvalue weighted by Crippen LogP contribution is -2.34. The van der Waals surface area contributed by atoms with E-state index in [9.17, 15) is 5.11 Å². The molecular formula is C38H42N2O7. The van der Waals surface area contributed by atoms with E-state index in [-0.39, 0.29) is 17.8 Å². The van der Waals surface area contributed by atoms with Crippen molar-refractivity contribution in [2.75, 3.05) is 55.6 Å². The average Bonchev–Trinajstić information content (AvgIpc) is 3.07. The Bertz CT molecular complexity index is 1810. The van der Waals surface area contributed by atoms with Crippen LogP contribution in [0.2, 0.25) is 0 Å². The number of rotatable bonds is 4. The molecule has 0 unspecified atom stereocenters. The maximum Gasteiger partial charge on any atom is 0.204 e. The van der Waals surface area contributed by atoms with Gasteiger partial charge in [-0.2, -0.15) is 0 Å². The van der Waals surface area contributed by atoms with Crippen LogP contribution in [0.5, 0.6) is 51.7 Å². The van der Waals surface area contributed by atoms with Crippen molar-refractivity contribution < 1.29 is 33.5 Å². The molecular weight excluding hydrogens is 596 g/mol. The number of hydrogen-bond donors (Lipinski definition) is 1. The van der Waals surface area contributed by atoms with Crippen LogP contribution in [0.3, 0.4) is 0 Å². The van der Waals surface area contributed by atoms with E-state index in [1.807, 2.05) is 30.3 Å². The van der Waals surface area contributed by atoms with Crippen molar-refractivity contribution in [1.82, 2.24) is 9.80 Å². The molecule has 4 aromatic carbocycles. The molecule has 1 N–H and O–H groups in total. The van der Waals surface area contributed by atoms with Crippen LogP contribution in [0, 0.1) is 0 Å². The van der Waals surface area contributed by atoms with E-state index in [1.54, 1.807) is 28.4 Å². The van der Waals surface area contributed by atoms with E-state index < -0.39 is 0 Å². The Morgan fingerprint density at radius 1 is 0.638 bits per heavy atom. The molecule has 0 aromatic heterocycles. The second kappa shape index (κ2) is 12.5. The summed E-state index contributed by atoms with van der Waals surface area (Å²) in [5, 5.41) is 11.7. The van der Waals surface area contributed by atoms with Crippen molar-refractivity contribution in [2.45, 2.75) is 37.8 Å². The van der Waals surface area contributed by atoms with Crippen LogP contribution in [0.1, 0.15) is 45.5 Å². The normalized spacial score (nSPS) is 19.0. The van der Waals surface area contributed by atoms with Gasteiger partial charge < -0.3 is 33.5 Å². The number of ether oxygens (including phenoxy) is 6. The molecule has 47 heavy (non-hydrogen) atoms. The minimum Gasteiger partial charge on any atom is -0.504 e. The topological polar surface area (TPSA) is 82.1 Å². The van der Waals surface area contributed by atoms with Crippen molar-refractivity contribution in [3.63, 3.8) is 0 Å². The molecule has 4 aliphatic heterocycles. The van der Waals surface area contributed by atoms with Crippen molar-refractivity contribution in [3.05, 3.63) is 88.0 Å². The molecule has 0 saturated carbocycles. The first-order valence-electron chi connectivity index (χ1n) is 16.1. The van der Waals surface area contributed by atoms with Gasteiger partial charge in [0.05, 0.1) is 28.4 Å². The number of hydrogen-bond acceptors (Lipinski definition) is 9. The number of likely N-dealkylation sites (N-methyl/N-ethyl adjacent to an activating group) is 2. The van der Waals surface area contributed by atoms with Crippen molar-refractivity contribution in [1.29, 1.82) is 0 Å². The fraction of sp³-hybridized carbons (Fsp3) is 0.368. The van der Waals surface area contributed by atoms with Gasteiger partial charge in [0, 0.05) is 36.3 Å². The van der Waals surface area contributed by atoms with E-state index in [2.05, 4.69) is 48.2 Å². The number of methoxy groups -OCH3 is 4. The molecule has 0 spiro atoms. The highest BCUT2D eigenvalue weighted by molar-refractivity contribution is 5.65. The molecule has 0 amide bonds. The largest absolute Gasteiger partial charge is 0.504 e. The SMILES string of the molecule is COc1ccc2cc1Oc1ccc(cc1)C[C@@H]1c3cc(OC)c(OC)c(c3CCN1C)Oc1cc3c(c(O)c1OC)CCN(C)[C@H]3C2. The second-order valence-corrected chi connectivity index (χ2v) is 12.6. The predicted octanol–water partition coefficient (Wildman–Crippen LogP) is 6.87. The molecule has 0 saturated heterocycles. The summed E-state index contributed by atoms with van der Waals surface area (Å²) < 4.78 is 36.7. The summed E-state index contributed by atoms with van der Waals surface area (Å²) in [4.78, 5) is 4.69. The molecule has 4 heterocycles. The number of benzene rings is 4. The van der Waals surface area contributed by atoms with Crippen molar-refractivity contribution in [2.24, 2.45) is 0 Å². The molecule has 10 bridgehead atoms. The molecule has 9 heteroatoms. The Balaban J connectivity index is 1.47. The Kier molecular flexibility index (Phi) is 8.28. The average molecular weight is 639 g/mol. The molecule has 9 nitrogen and oxygen atoms in total. The van der Waals surface area contributed by atoms with E-state index in [0.29, 0.717) is 53.1 Å². The Labute approximate surface area is 276 Å². The van der Waals surface area contributed by atoms with Crippen molar-refractivity contribution >= 4 is 0 Å². The van der Waals surface area contributed by atoms with E-state index >= 15 is 0 Å². The van der Waals surface area contributed by atoms with Gasteiger partial charge in [0.15, 0.2) is 34.5 Å². The Morgan fingerprint density at radius 2 is 1.26 bits per heavy atom. The van der Waals surface area contributed by atoms with Gasteiger partial charge in [-0.1, -0.05) is 18.2 Å². The minimum atomic E-state index is -0.0420. The first kappa shape index (κ1) is 31.0. The van der Waals surface area contributed by atoms with Crippen LogP contribution in [0.15, 0.2) is 54.6 Å². The standard InChI is InChI=1S/C38H42N2O7/c1-39-15-13-25-27-21-34(37(44-5)35(25)41)47-36-26-14-16-40(2)29(28(26)20-33(43-4)38(36)45-6)17-22-7-10-24(11-8-22)46-32-19-23(18-30(27)39)9-12-31(32)42-3/h7-12,19-21,29-30,41H,13-18H2,1-6H3/t29-,30+/m1/s1. The lowest BCUT2D eigenvalue weighted by atomic mass is 9.87. The summed E-state index contributed by atoms with van der Waals surface area (Å²) in [6.45, 7) is 1.62. The Morgan fingerprint density at radius 3 is 1.91 bits per heavy atom. The third-order valence-corrected chi connectivity index (χ3v) is 9.99. The summed E-state index contributed by atoms with van der Waals surface area (Å²) in [7, 11) is 10.8. The van der Waals surface area contributed by atoms with Crippen LogP contribution in [-0.4, -0.2) is 70.5 Å². The maximum atomic E-state index is 11.7. The van der Waals surface area contributed by atoms with Gasteiger partial charge in [-0.3, -0.25) is 9.80 Å². The highest BCUT2D eigenvalue weighted by atomic mass is 16.5. The number of aromatic hydroxyl groups is 1. The van der Waals surface area contributed by atoms with Gasteiger partial charge in [0.25, 0.3) is 0 Å². The quantitative estimate of drug-likeness (QED) is 0.258. The molecule has 8 rings (SSSR count). The van der Waals surface area contributed by atoms with Gasteiger partial charge in [0.1, 0.15) is 5.75 Å². The number of nitrogens with zero attached hydrogens (tertiary/aromatic N) is 2. The van der Waals surface area contributed by atoms with E-state index in [4.69, 9.17) is 28.4 Å². The monoisotopic (exact) mass is 638 g/mol. The fourth-order valence-electron chi connectivity index (χ4n) is 7.40. The van der Waals surface area contributed by atoms with Crippen LogP contribution < -0.4 is 28.4 Å². The summed E-state index contributed by atoms with van der Waals surface area (Å²) in [6, 6.07) is 18.5. The number of phenolic OH excluding ortho intramolecular Hbond substituents is 1. The number of fused-ring (bicyclic) bond motifs is 2. The lowest BCUT2D eigenvalue weighted by molar-refractivity contribution is 0.222. The van der Waals surface area contributed by atoms with Crippen LogP contribution in [0.4, 0.5) is 0 Å². The molecule has 2 atom stereocenters.